The van der Waals surface area contributed by atoms with E-state index < -0.39 is 21.7 Å². The molecule has 0 aromatic heterocycles. The van der Waals surface area contributed by atoms with Gasteiger partial charge in [0.2, 0.25) is 0 Å². The summed E-state index contributed by atoms with van der Waals surface area (Å²) < 4.78 is 33.6. The molecule has 2 aromatic carbocycles. The fourth-order valence-corrected chi connectivity index (χ4v) is 5.08. The van der Waals surface area contributed by atoms with Crippen LogP contribution in [-0.4, -0.2) is 26.5 Å². The predicted molar refractivity (Wildman–Crippen MR) is 113 cm³/mol. The van der Waals surface area contributed by atoms with Crippen molar-refractivity contribution in [3.8, 4) is 0 Å². The molecule has 1 aliphatic heterocycles. The van der Waals surface area contributed by atoms with Crippen molar-refractivity contribution in [2.24, 2.45) is 11.7 Å². The topological polar surface area (TPSA) is 89.7 Å². The Morgan fingerprint density at radius 3 is 2.38 bits per heavy atom. The van der Waals surface area contributed by atoms with Crippen LogP contribution in [-0.2, 0) is 19.6 Å². The smallest absolute Gasteiger partial charge is 0.306 e. The minimum Gasteiger partial charge on any atom is -0.460 e. The molecule has 0 spiro atoms. The molecule has 2 aromatic rings. The second kappa shape index (κ2) is 7.80. The third-order valence-electron chi connectivity index (χ3n) is 4.93. The minimum absolute atomic E-state index is 0.0483. The van der Waals surface area contributed by atoms with E-state index in [-0.39, 0.29) is 29.7 Å². The van der Waals surface area contributed by atoms with Crippen LogP contribution < -0.4 is 10.0 Å². The van der Waals surface area contributed by atoms with Gasteiger partial charge in [-0.3, -0.25) is 9.10 Å². The SMILES string of the molecule is Cc1ccc(S(=O)(=O)N2C[C@H](CC(=O)OC(C)(C)C)[C@@H](N)c3ccccc32)cc1. The largest absolute Gasteiger partial charge is 0.460 e. The van der Waals surface area contributed by atoms with E-state index in [1.807, 2.05) is 19.1 Å². The standard InChI is InChI=1S/C22H28N2O4S/c1-15-9-11-17(12-10-15)29(26,27)24-14-16(13-20(25)28-22(2,3)4)21(23)18-7-5-6-8-19(18)24/h5-12,16,21H,13-14,23H2,1-4H3/t16-,21+/m0/s1. The van der Waals surface area contributed by atoms with E-state index in [4.69, 9.17) is 10.5 Å². The maximum atomic E-state index is 13.4. The fourth-order valence-electron chi connectivity index (χ4n) is 3.53. The zero-order valence-corrected chi connectivity index (χ0v) is 18.1. The van der Waals surface area contributed by atoms with E-state index in [2.05, 4.69) is 0 Å². The number of carbonyl (C=O) groups is 1. The number of sulfonamides is 1. The number of para-hydroxylation sites is 1. The summed E-state index contributed by atoms with van der Waals surface area (Å²) in [4.78, 5) is 12.6. The number of hydrogen-bond acceptors (Lipinski definition) is 5. The van der Waals surface area contributed by atoms with Gasteiger partial charge in [-0.2, -0.15) is 0 Å². The lowest BCUT2D eigenvalue weighted by Crippen LogP contribution is -2.45. The summed E-state index contributed by atoms with van der Waals surface area (Å²) in [6.45, 7) is 7.43. The Morgan fingerprint density at radius 2 is 1.76 bits per heavy atom. The van der Waals surface area contributed by atoms with Gasteiger partial charge in [0.15, 0.2) is 0 Å². The quantitative estimate of drug-likeness (QED) is 0.770. The third kappa shape index (κ3) is 4.62. The van der Waals surface area contributed by atoms with E-state index >= 15 is 0 Å². The van der Waals surface area contributed by atoms with Gasteiger partial charge in [0.25, 0.3) is 10.0 Å². The minimum atomic E-state index is -3.79. The summed E-state index contributed by atoms with van der Waals surface area (Å²) in [6.07, 6.45) is 0.0483. The maximum absolute atomic E-state index is 13.4. The summed E-state index contributed by atoms with van der Waals surface area (Å²) in [5.74, 6) is -0.773. The van der Waals surface area contributed by atoms with E-state index in [1.165, 1.54) is 4.31 Å². The second-order valence-electron chi connectivity index (χ2n) is 8.48. The average molecular weight is 417 g/mol. The fraction of sp³-hybridized carbons (Fsp3) is 0.409. The molecule has 6 nitrogen and oxygen atoms in total. The van der Waals surface area contributed by atoms with Crippen molar-refractivity contribution < 1.29 is 17.9 Å². The highest BCUT2D eigenvalue weighted by atomic mass is 32.2. The van der Waals surface area contributed by atoms with Gasteiger partial charge >= 0.3 is 5.97 Å². The Hall–Kier alpha value is -2.38. The lowest BCUT2D eigenvalue weighted by molar-refractivity contribution is -0.156. The predicted octanol–water partition coefficient (Wildman–Crippen LogP) is 3.55. The molecule has 2 N–H and O–H groups in total. The number of nitrogens with two attached hydrogens (primary N) is 1. The molecule has 0 fully saturated rings. The van der Waals surface area contributed by atoms with Crippen LogP contribution in [0.3, 0.4) is 0 Å². The number of ether oxygens (including phenoxy) is 1. The summed E-state index contributed by atoms with van der Waals surface area (Å²) in [5.41, 5.74) is 8.07. The van der Waals surface area contributed by atoms with Gasteiger partial charge in [0.05, 0.1) is 17.0 Å². The molecule has 0 saturated heterocycles. The molecule has 1 aliphatic rings. The molecule has 0 unspecified atom stereocenters. The van der Waals surface area contributed by atoms with Gasteiger partial charge in [-0.1, -0.05) is 35.9 Å². The third-order valence-corrected chi connectivity index (χ3v) is 6.72. The first-order chi connectivity index (χ1) is 13.5. The zero-order valence-electron chi connectivity index (χ0n) is 17.3. The Labute approximate surface area is 172 Å². The number of aryl methyl sites for hydroxylation is 1. The van der Waals surface area contributed by atoms with Crippen molar-refractivity contribution >= 4 is 21.7 Å². The van der Waals surface area contributed by atoms with Crippen LogP contribution in [0.25, 0.3) is 0 Å². The highest BCUT2D eigenvalue weighted by Crippen LogP contribution is 2.40. The lowest BCUT2D eigenvalue weighted by Gasteiger charge is -2.39. The van der Waals surface area contributed by atoms with Crippen molar-refractivity contribution in [1.29, 1.82) is 0 Å². The average Bonchev–Trinajstić information content (AvgIpc) is 2.63. The van der Waals surface area contributed by atoms with Crippen LogP contribution in [0, 0.1) is 12.8 Å². The molecule has 156 valence electrons. The van der Waals surface area contributed by atoms with Crippen LogP contribution in [0.15, 0.2) is 53.4 Å². The summed E-state index contributed by atoms with van der Waals surface area (Å²) in [5, 5.41) is 0. The number of carbonyl (C=O) groups excluding carboxylic acids is 1. The molecule has 1 heterocycles. The van der Waals surface area contributed by atoms with Gasteiger partial charge in [-0.05, 0) is 51.5 Å². The molecule has 3 rings (SSSR count). The van der Waals surface area contributed by atoms with Crippen LogP contribution >= 0.6 is 0 Å². The Balaban J connectivity index is 1.97. The number of esters is 1. The first kappa shape index (κ1) is 21.3. The van der Waals surface area contributed by atoms with Crippen molar-refractivity contribution in [2.75, 3.05) is 10.8 Å². The van der Waals surface area contributed by atoms with Crippen LogP contribution in [0.1, 0.15) is 44.4 Å². The van der Waals surface area contributed by atoms with Crippen molar-refractivity contribution in [3.63, 3.8) is 0 Å². The molecule has 29 heavy (non-hydrogen) atoms. The molecule has 0 bridgehead atoms. The molecular weight excluding hydrogens is 388 g/mol. The summed E-state index contributed by atoms with van der Waals surface area (Å²) >= 11 is 0. The molecular formula is C22H28N2O4S. The normalized spacial score (nSPS) is 19.6. The number of nitrogens with zero attached hydrogens (tertiary/aromatic N) is 1. The first-order valence-corrected chi connectivity index (χ1v) is 11.1. The highest BCUT2D eigenvalue weighted by molar-refractivity contribution is 7.92. The molecule has 7 heteroatoms. The Bertz CT molecular complexity index is 994. The van der Waals surface area contributed by atoms with Crippen molar-refractivity contribution in [3.05, 3.63) is 59.7 Å². The molecule has 2 atom stereocenters. The Morgan fingerprint density at radius 1 is 1.14 bits per heavy atom. The Kier molecular flexibility index (Phi) is 5.74. The van der Waals surface area contributed by atoms with E-state index in [1.54, 1.807) is 57.2 Å². The number of hydrogen-bond donors (Lipinski definition) is 1. The van der Waals surface area contributed by atoms with Crippen molar-refractivity contribution in [1.82, 2.24) is 0 Å². The monoisotopic (exact) mass is 416 g/mol. The van der Waals surface area contributed by atoms with Crippen LogP contribution in [0.2, 0.25) is 0 Å². The lowest BCUT2D eigenvalue weighted by atomic mass is 9.87. The highest BCUT2D eigenvalue weighted by Gasteiger charge is 2.38. The molecule has 0 saturated carbocycles. The number of anilines is 1. The molecule has 0 amide bonds. The van der Waals surface area contributed by atoms with Gasteiger partial charge < -0.3 is 10.5 Å². The van der Waals surface area contributed by atoms with E-state index in [0.29, 0.717) is 11.3 Å². The van der Waals surface area contributed by atoms with Gasteiger partial charge in [-0.15, -0.1) is 0 Å². The summed E-state index contributed by atoms with van der Waals surface area (Å²) in [6, 6.07) is 13.5. The number of benzene rings is 2. The molecule has 0 aliphatic carbocycles. The summed E-state index contributed by atoms with van der Waals surface area (Å²) in [7, 11) is -3.79. The second-order valence-corrected chi connectivity index (χ2v) is 10.3. The van der Waals surface area contributed by atoms with Crippen LogP contribution in [0.4, 0.5) is 5.69 Å². The first-order valence-electron chi connectivity index (χ1n) is 9.65. The maximum Gasteiger partial charge on any atom is 0.306 e. The molecule has 0 radical (unpaired) electrons. The van der Waals surface area contributed by atoms with Gasteiger partial charge in [0.1, 0.15) is 5.60 Å². The number of rotatable bonds is 4. The number of fused-ring (bicyclic) bond motifs is 1. The van der Waals surface area contributed by atoms with Crippen LogP contribution in [0.5, 0.6) is 0 Å². The van der Waals surface area contributed by atoms with Gasteiger partial charge in [0, 0.05) is 18.5 Å². The van der Waals surface area contributed by atoms with Gasteiger partial charge in [-0.25, -0.2) is 8.42 Å². The van der Waals surface area contributed by atoms with E-state index in [9.17, 15) is 13.2 Å². The van der Waals surface area contributed by atoms with E-state index in [0.717, 1.165) is 5.56 Å². The zero-order chi connectivity index (χ0) is 21.4. The van der Waals surface area contributed by atoms with Crippen molar-refractivity contribution in [2.45, 2.75) is 50.7 Å².